The second-order valence-corrected chi connectivity index (χ2v) is 3.55. The minimum absolute atomic E-state index is 0.472. The lowest BCUT2D eigenvalue weighted by atomic mass is 10.3. The average Bonchev–Trinajstić information content (AvgIpc) is 2.47. The van der Waals surface area contributed by atoms with Gasteiger partial charge in [0.15, 0.2) is 0 Å². The molecular weight excluding hydrogens is 234 g/mol. The highest BCUT2D eigenvalue weighted by atomic mass is 79.9. The molecule has 3 N–H and O–H groups in total. The molecule has 0 amide bonds. The van der Waals surface area contributed by atoms with Crippen molar-refractivity contribution < 1.29 is 4.74 Å². The van der Waals surface area contributed by atoms with Crippen LogP contribution < -0.4 is 10.5 Å². The molecule has 2 rings (SSSR count). The van der Waals surface area contributed by atoms with E-state index in [0.29, 0.717) is 11.7 Å². The smallest absolute Gasteiger partial charge is 0.294 e. The average molecular weight is 242 g/mol. The van der Waals surface area contributed by atoms with E-state index in [0.717, 1.165) is 15.5 Å². The van der Waals surface area contributed by atoms with Gasteiger partial charge in [-0.15, -0.1) is 0 Å². The Balaban J connectivity index is 2.75. The van der Waals surface area contributed by atoms with Crippen molar-refractivity contribution in [2.24, 2.45) is 0 Å². The van der Waals surface area contributed by atoms with Crippen LogP contribution in [-0.2, 0) is 0 Å². The Labute approximate surface area is 83.2 Å². The standard InChI is InChI=1S/C8H8BrN3O/c1-13-8-11-6-3-4(9)2-5(10)7(6)12-8/h2-3H,10H2,1H3,(H,11,12). The molecule has 4 nitrogen and oxygen atoms in total. The van der Waals surface area contributed by atoms with Gasteiger partial charge < -0.3 is 15.5 Å². The summed E-state index contributed by atoms with van der Waals surface area (Å²) in [6.07, 6.45) is 0. The molecule has 0 unspecified atom stereocenters. The predicted octanol–water partition coefficient (Wildman–Crippen LogP) is 1.92. The van der Waals surface area contributed by atoms with Gasteiger partial charge in [0.1, 0.15) is 5.52 Å². The number of ether oxygens (including phenoxy) is 1. The zero-order valence-electron chi connectivity index (χ0n) is 6.97. The number of nitrogens with zero attached hydrogens (tertiary/aromatic N) is 1. The summed E-state index contributed by atoms with van der Waals surface area (Å²) >= 11 is 3.35. The van der Waals surface area contributed by atoms with Gasteiger partial charge >= 0.3 is 0 Å². The van der Waals surface area contributed by atoms with E-state index < -0.39 is 0 Å². The van der Waals surface area contributed by atoms with E-state index in [1.165, 1.54) is 0 Å². The van der Waals surface area contributed by atoms with Gasteiger partial charge in [-0.1, -0.05) is 15.9 Å². The molecule has 0 aliphatic heterocycles. The van der Waals surface area contributed by atoms with E-state index in [1.807, 2.05) is 12.1 Å². The number of imidazole rings is 1. The van der Waals surface area contributed by atoms with Crippen LogP contribution >= 0.6 is 15.9 Å². The summed E-state index contributed by atoms with van der Waals surface area (Å²) in [4.78, 5) is 7.13. The van der Waals surface area contributed by atoms with Gasteiger partial charge in [-0.25, -0.2) is 0 Å². The van der Waals surface area contributed by atoms with Crippen LogP contribution in [0.5, 0.6) is 6.01 Å². The Morgan fingerprint density at radius 1 is 1.54 bits per heavy atom. The molecule has 0 aliphatic rings. The molecule has 0 spiro atoms. The quantitative estimate of drug-likeness (QED) is 0.751. The molecule has 0 fully saturated rings. The molecule has 13 heavy (non-hydrogen) atoms. The van der Waals surface area contributed by atoms with Gasteiger partial charge in [0, 0.05) is 4.47 Å². The molecule has 1 aromatic carbocycles. The summed E-state index contributed by atoms with van der Waals surface area (Å²) in [5.41, 5.74) is 7.99. The van der Waals surface area contributed by atoms with Crippen molar-refractivity contribution in [3.63, 3.8) is 0 Å². The van der Waals surface area contributed by atoms with E-state index in [9.17, 15) is 0 Å². The number of rotatable bonds is 1. The first-order valence-corrected chi connectivity index (χ1v) is 4.48. The fourth-order valence-electron chi connectivity index (χ4n) is 1.18. The number of fused-ring (bicyclic) bond motifs is 1. The normalized spacial score (nSPS) is 10.6. The lowest BCUT2D eigenvalue weighted by Gasteiger charge is -1.94. The number of aromatic nitrogens is 2. The van der Waals surface area contributed by atoms with Crippen LogP contribution in [0.3, 0.4) is 0 Å². The maximum Gasteiger partial charge on any atom is 0.294 e. The number of hydrogen-bond donors (Lipinski definition) is 2. The third kappa shape index (κ3) is 1.35. The van der Waals surface area contributed by atoms with Crippen LogP contribution in [-0.4, -0.2) is 17.1 Å². The van der Waals surface area contributed by atoms with Crippen LogP contribution in [0.25, 0.3) is 11.0 Å². The highest BCUT2D eigenvalue weighted by Gasteiger charge is 2.06. The molecule has 0 atom stereocenters. The van der Waals surface area contributed by atoms with Crippen molar-refractivity contribution in [2.75, 3.05) is 12.8 Å². The van der Waals surface area contributed by atoms with Crippen LogP contribution in [0.1, 0.15) is 0 Å². The fraction of sp³-hybridized carbons (Fsp3) is 0.125. The predicted molar refractivity (Wildman–Crippen MR) is 54.8 cm³/mol. The minimum atomic E-state index is 0.472. The number of methoxy groups -OCH3 is 1. The molecule has 0 aliphatic carbocycles. The van der Waals surface area contributed by atoms with Gasteiger partial charge in [-0.05, 0) is 12.1 Å². The molecule has 0 bridgehead atoms. The second-order valence-electron chi connectivity index (χ2n) is 2.64. The number of aromatic amines is 1. The Kier molecular flexibility index (Phi) is 1.88. The third-order valence-corrected chi connectivity index (χ3v) is 2.21. The van der Waals surface area contributed by atoms with Gasteiger partial charge in [0.05, 0.1) is 18.3 Å². The Morgan fingerprint density at radius 3 is 3.00 bits per heavy atom. The van der Waals surface area contributed by atoms with Gasteiger partial charge in [0.2, 0.25) is 0 Å². The maximum absolute atomic E-state index is 5.76. The van der Waals surface area contributed by atoms with E-state index >= 15 is 0 Å². The number of H-pyrrole nitrogens is 1. The zero-order valence-corrected chi connectivity index (χ0v) is 8.55. The van der Waals surface area contributed by atoms with Crippen molar-refractivity contribution in [1.29, 1.82) is 0 Å². The first-order chi connectivity index (χ1) is 6.20. The van der Waals surface area contributed by atoms with E-state index in [1.54, 1.807) is 7.11 Å². The molecule has 2 aromatic rings. The minimum Gasteiger partial charge on any atom is -0.468 e. The van der Waals surface area contributed by atoms with Crippen LogP contribution in [0.15, 0.2) is 16.6 Å². The highest BCUT2D eigenvalue weighted by Crippen LogP contribution is 2.25. The topological polar surface area (TPSA) is 63.9 Å². The van der Waals surface area contributed by atoms with E-state index in [4.69, 9.17) is 10.5 Å². The molecule has 1 aromatic heterocycles. The van der Waals surface area contributed by atoms with Crippen molar-refractivity contribution in [3.05, 3.63) is 16.6 Å². The van der Waals surface area contributed by atoms with E-state index in [-0.39, 0.29) is 0 Å². The number of nitrogen functional groups attached to an aromatic ring is 1. The van der Waals surface area contributed by atoms with Crippen molar-refractivity contribution in [1.82, 2.24) is 9.97 Å². The number of benzene rings is 1. The summed E-state index contributed by atoms with van der Waals surface area (Å²) in [6.45, 7) is 0. The highest BCUT2D eigenvalue weighted by molar-refractivity contribution is 9.10. The summed E-state index contributed by atoms with van der Waals surface area (Å²) in [7, 11) is 1.56. The third-order valence-electron chi connectivity index (χ3n) is 1.75. The monoisotopic (exact) mass is 241 g/mol. The lowest BCUT2D eigenvalue weighted by molar-refractivity contribution is 0.386. The van der Waals surface area contributed by atoms with Gasteiger partial charge in [0.25, 0.3) is 6.01 Å². The summed E-state index contributed by atoms with van der Waals surface area (Å²) in [5, 5.41) is 0. The fourth-order valence-corrected chi connectivity index (χ4v) is 1.66. The molecule has 5 heteroatoms. The molecule has 68 valence electrons. The first-order valence-electron chi connectivity index (χ1n) is 3.69. The van der Waals surface area contributed by atoms with Crippen molar-refractivity contribution >= 4 is 32.7 Å². The number of nitrogens with one attached hydrogen (secondary N) is 1. The number of hydrogen-bond acceptors (Lipinski definition) is 3. The summed E-state index contributed by atoms with van der Waals surface area (Å²) in [6, 6.07) is 4.18. The van der Waals surface area contributed by atoms with Crippen LogP contribution in [0.2, 0.25) is 0 Å². The van der Waals surface area contributed by atoms with Crippen LogP contribution in [0, 0.1) is 0 Å². The van der Waals surface area contributed by atoms with Gasteiger partial charge in [-0.3, -0.25) is 0 Å². The molecule has 1 heterocycles. The molecule has 0 radical (unpaired) electrons. The van der Waals surface area contributed by atoms with Crippen molar-refractivity contribution in [2.45, 2.75) is 0 Å². The summed E-state index contributed by atoms with van der Waals surface area (Å²) < 4.78 is 5.88. The largest absolute Gasteiger partial charge is 0.468 e. The molecule has 0 saturated carbocycles. The summed E-state index contributed by atoms with van der Waals surface area (Å²) in [5.74, 6) is 0. The lowest BCUT2D eigenvalue weighted by Crippen LogP contribution is -1.86. The zero-order chi connectivity index (χ0) is 9.42. The molecular formula is C8H8BrN3O. The van der Waals surface area contributed by atoms with Crippen LogP contribution in [0.4, 0.5) is 5.69 Å². The Bertz CT molecular complexity index is 452. The number of nitrogens with two attached hydrogens (primary N) is 1. The second kappa shape index (κ2) is 2.92. The Morgan fingerprint density at radius 2 is 2.31 bits per heavy atom. The maximum atomic E-state index is 5.76. The Hall–Kier alpha value is -1.23. The van der Waals surface area contributed by atoms with E-state index in [2.05, 4.69) is 25.9 Å². The first kappa shape index (κ1) is 8.37. The SMILES string of the molecule is COc1nc2c(N)cc(Br)cc2[nH]1. The van der Waals surface area contributed by atoms with Crippen molar-refractivity contribution in [3.8, 4) is 6.01 Å². The van der Waals surface area contributed by atoms with Gasteiger partial charge in [-0.2, -0.15) is 4.98 Å². The number of anilines is 1. The molecule has 0 saturated heterocycles. The number of halogens is 1.